The second-order valence-electron chi connectivity index (χ2n) is 7.02. The molecular weight excluding hydrogens is 388 g/mol. The fourth-order valence-electron chi connectivity index (χ4n) is 3.26. The monoisotopic (exact) mass is 416 g/mol. The number of rotatable bonds is 7. The molecule has 2 heterocycles. The van der Waals surface area contributed by atoms with Gasteiger partial charge >= 0.3 is 6.09 Å². The lowest BCUT2D eigenvalue weighted by molar-refractivity contribution is -0.121. The Morgan fingerprint density at radius 3 is 2.59 bits per heavy atom. The second kappa shape index (κ2) is 10.2. The number of thiazole rings is 1. The van der Waals surface area contributed by atoms with E-state index >= 15 is 0 Å². The quantitative estimate of drug-likeness (QED) is 0.719. The Bertz CT molecular complexity index is 814. The minimum absolute atomic E-state index is 0.0382. The molecule has 1 aliphatic heterocycles. The first-order chi connectivity index (χ1) is 14.1. The molecule has 2 N–H and O–H groups in total. The maximum Gasteiger partial charge on any atom is 0.409 e. The normalized spacial score (nSPS) is 14.5. The van der Waals surface area contributed by atoms with Crippen molar-refractivity contribution in [2.24, 2.45) is 0 Å². The number of carbonyl (C=O) groups excluding carboxylic acids is 2. The van der Waals surface area contributed by atoms with E-state index in [2.05, 4.69) is 34.7 Å². The maximum absolute atomic E-state index is 12.4. The lowest BCUT2D eigenvalue weighted by Gasteiger charge is -2.31. The standard InChI is InChI=1S/C21H28N4O3S/c1-3-15-5-7-16(8-6-15)23-20-24-18(14-29-20)13-19(26)22-17-9-11-25(12-10-17)21(27)28-4-2/h5-8,14,17H,3-4,9-13H2,1-2H3,(H,22,26)(H,23,24). The van der Waals surface area contributed by atoms with E-state index in [1.54, 1.807) is 11.8 Å². The van der Waals surface area contributed by atoms with Gasteiger partial charge in [0.1, 0.15) is 0 Å². The lowest BCUT2D eigenvalue weighted by atomic mass is 10.1. The van der Waals surface area contributed by atoms with Crippen LogP contribution in [0.25, 0.3) is 0 Å². The van der Waals surface area contributed by atoms with Gasteiger partial charge in [0.25, 0.3) is 0 Å². The van der Waals surface area contributed by atoms with Gasteiger partial charge in [-0.3, -0.25) is 4.79 Å². The molecule has 2 aromatic rings. The average molecular weight is 417 g/mol. The number of likely N-dealkylation sites (tertiary alicyclic amines) is 1. The Morgan fingerprint density at radius 1 is 1.21 bits per heavy atom. The number of piperidine rings is 1. The summed E-state index contributed by atoms with van der Waals surface area (Å²) in [7, 11) is 0. The van der Waals surface area contributed by atoms with Gasteiger partial charge in [0.05, 0.1) is 18.7 Å². The minimum Gasteiger partial charge on any atom is -0.450 e. The molecule has 0 aliphatic carbocycles. The van der Waals surface area contributed by atoms with E-state index in [0.717, 1.165) is 35.8 Å². The summed E-state index contributed by atoms with van der Waals surface area (Å²) in [4.78, 5) is 30.3. The van der Waals surface area contributed by atoms with Gasteiger partial charge in [0, 0.05) is 30.2 Å². The van der Waals surface area contributed by atoms with E-state index in [0.29, 0.717) is 19.7 Å². The zero-order valence-electron chi connectivity index (χ0n) is 16.9. The van der Waals surface area contributed by atoms with E-state index in [-0.39, 0.29) is 24.5 Å². The first-order valence-electron chi connectivity index (χ1n) is 10.1. The molecule has 2 amide bonds. The van der Waals surface area contributed by atoms with Crippen molar-refractivity contribution in [3.63, 3.8) is 0 Å². The molecule has 3 rings (SSSR count). The molecule has 8 heteroatoms. The highest BCUT2D eigenvalue weighted by molar-refractivity contribution is 7.13. The predicted molar refractivity (Wildman–Crippen MR) is 115 cm³/mol. The predicted octanol–water partition coefficient (Wildman–Crippen LogP) is 3.73. The number of nitrogens with one attached hydrogen (secondary N) is 2. The topological polar surface area (TPSA) is 83.6 Å². The molecule has 7 nitrogen and oxygen atoms in total. The highest BCUT2D eigenvalue weighted by Gasteiger charge is 2.24. The minimum atomic E-state index is -0.274. The average Bonchev–Trinajstić information content (AvgIpc) is 3.15. The Labute approximate surface area is 175 Å². The number of nitrogens with zero attached hydrogens (tertiary/aromatic N) is 2. The molecular formula is C21H28N4O3S. The van der Waals surface area contributed by atoms with Gasteiger partial charge in [-0.15, -0.1) is 11.3 Å². The van der Waals surface area contributed by atoms with Crippen molar-refractivity contribution in [3.05, 3.63) is 40.9 Å². The molecule has 0 saturated carbocycles. The molecule has 0 radical (unpaired) electrons. The van der Waals surface area contributed by atoms with Crippen molar-refractivity contribution in [3.8, 4) is 0 Å². The van der Waals surface area contributed by atoms with Crippen LogP contribution in [0.4, 0.5) is 15.6 Å². The van der Waals surface area contributed by atoms with Crippen LogP contribution in [-0.2, 0) is 22.4 Å². The number of hydrogen-bond acceptors (Lipinski definition) is 6. The highest BCUT2D eigenvalue weighted by Crippen LogP contribution is 2.22. The molecule has 1 saturated heterocycles. The van der Waals surface area contributed by atoms with Crippen LogP contribution >= 0.6 is 11.3 Å². The molecule has 0 atom stereocenters. The Kier molecular flexibility index (Phi) is 7.46. The van der Waals surface area contributed by atoms with Crippen molar-refractivity contribution in [1.82, 2.24) is 15.2 Å². The van der Waals surface area contributed by atoms with Gasteiger partial charge in [-0.1, -0.05) is 19.1 Å². The zero-order chi connectivity index (χ0) is 20.6. The van der Waals surface area contributed by atoms with Gasteiger partial charge in [-0.2, -0.15) is 0 Å². The summed E-state index contributed by atoms with van der Waals surface area (Å²) >= 11 is 1.49. The highest BCUT2D eigenvalue weighted by atomic mass is 32.1. The smallest absolute Gasteiger partial charge is 0.409 e. The van der Waals surface area contributed by atoms with E-state index < -0.39 is 0 Å². The number of aryl methyl sites for hydroxylation is 1. The number of amides is 2. The number of hydrogen-bond donors (Lipinski definition) is 2. The zero-order valence-corrected chi connectivity index (χ0v) is 17.8. The number of benzene rings is 1. The van der Waals surface area contributed by atoms with E-state index in [1.807, 2.05) is 17.5 Å². The molecule has 1 fully saturated rings. The maximum atomic E-state index is 12.4. The van der Waals surface area contributed by atoms with Crippen molar-refractivity contribution in [1.29, 1.82) is 0 Å². The second-order valence-corrected chi connectivity index (χ2v) is 7.88. The summed E-state index contributed by atoms with van der Waals surface area (Å²) in [6.45, 7) is 5.51. The summed E-state index contributed by atoms with van der Waals surface area (Å²) in [5, 5.41) is 9.03. The number of carbonyl (C=O) groups is 2. The SMILES string of the molecule is CCOC(=O)N1CCC(NC(=O)Cc2csc(Nc3ccc(CC)cc3)n2)CC1. The van der Waals surface area contributed by atoms with Crippen molar-refractivity contribution < 1.29 is 14.3 Å². The van der Waals surface area contributed by atoms with Crippen LogP contribution < -0.4 is 10.6 Å². The molecule has 0 unspecified atom stereocenters. The Hall–Kier alpha value is -2.61. The molecule has 1 aromatic carbocycles. The van der Waals surface area contributed by atoms with E-state index in [9.17, 15) is 9.59 Å². The third kappa shape index (κ3) is 6.19. The first-order valence-corrected chi connectivity index (χ1v) is 11.0. The van der Waals surface area contributed by atoms with Crippen molar-refractivity contribution >= 4 is 34.2 Å². The van der Waals surface area contributed by atoms with Gasteiger partial charge in [-0.25, -0.2) is 9.78 Å². The van der Waals surface area contributed by atoms with Gasteiger partial charge in [0.15, 0.2) is 5.13 Å². The van der Waals surface area contributed by atoms with E-state index in [4.69, 9.17) is 4.74 Å². The molecule has 0 spiro atoms. The largest absolute Gasteiger partial charge is 0.450 e. The van der Waals surface area contributed by atoms with Gasteiger partial charge in [-0.05, 0) is 43.9 Å². The molecule has 0 bridgehead atoms. The van der Waals surface area contributed by atoms with Crippen LogP contribution in [0.5, 0.6) is 0 Å². The summed E-state index contributed by atoms with van der Waals surface area (Å²) in [5.74, 6) is -0.0382. The summed E-state index contributed by atoms with van der Waals surface area (Å²) in [5.41, 5.74) is 3.03. The molecule has 29 heavy (non-hydrogen) atoms. The van der Waals surface area contributed by atoms with Crippen molar-refractivity contribution in [2.75, 3.05) is 25.0 Å². The summed E-state index contributed by atoms with van der Waals surface area (Å²) in [6.07, 6.45) is 2.47. The summed E-state index contributed by atoms with van der Waals surface area (Å²) in [6, 6.07) is 8.35. The van der Waals surface area contributed by atoms with Crippen LogP contribution in [0.15, 0.2) is 29.6 Å². The van der Waals surface area contributed by atoms with Gasteiger partial charge < -0.3 is 20.3 Å². The van der Waals surface area contributed by atoms with Crippen LogP contribution in [-0.4, -0.2) is 47.6 Å². The Morgan fingerprint density at radius 2 is 1.93 bits per heavy atom. The van der Waals surface area contributed by atoms with Crippen LogP contribution in [0, 0.1) is 0 Å². The first kappa shape index (κ1) is 21.1. The van der Waals surface area contributed by atoms with Crippen molar-refractivity contribution in [2.45, 2.75) is 45.6 Å². The van der Waals surface area contributed by atoms with Crippen LogP contribution in [0.2, 0.25) is 0 Å². The Balaban J connectivity index is 1.44. The van der Waals surface area contributed by atoms with E-state index in [1.165, 1.54) is 16.9 Å². The number of aromatic nitrogens is 1. The van der Waals surface area contributed by atoms with Crippen LogP contribution in [0.3, 0.4) is 0 Å². The third-order valence-corrected chi connectivity index (χ3v) is 5.70. The fraction of sp³-hybridized carbons (Fsp3) is 0.476. The lowest BCUT2D eigenvalue weighted by Crippen LogP contribution is -2.47. The van der Waals surface area contributed by atoms with Gasteiger partial charge in [0.2, 0.25) is 5.91 Å². The molecule has 1 aliphatic rings. The molecule has 1 aromatic heterocycles. The number of ether oxygens (including phenoxy) is 1. The fourth-order valence-corrected chi connectivity index (χ4v) is 3.99. The summed E-state index contributed by atoms with van der Waals surface area (Å²) < 4.78 is 5.02. The number of anilines is 2. The van der Waals surface area contributed by atoms with Crippen LogP contribution in [0.1, 0.15) is 37.9 Å². The molecule has 156 valence electrons. The third-order valence-electron chi connectivity index (χ3n) is 4.89.